The number of aryl methyl sites for hydroxylation is 1. The van der Waals surface area contributed by atoms with E-state index in [0.29, 0.717) is 0 Å². The van der Waals surface area contributed by atoms with Crippen LogP contribution in [0.5, 0.6) is 0 Å². The zero-order valence-electron chi connectivity index (χ0n) is 11.6. The molecule has 0 saturated carbocycles. The van der Waals surface area contributed by atoms with Gasteiger partial charge in [-0.3, -0.25) is 11.3 Å². The summed E-state index contributed by atoms with van der Waals surface area (Å²) in [6.07, 6.45) is 4.26. The summed E-state index contributed by atoms with van der Waals surface area (Å²) >= 11 is 0. The van der Waals surface area contributed by atoms with Crippen molar-refractivity contribution in [1.82, 2.24) is 5.43 Å². The number of nitrogens with one attached hydrogen (secondary N) is 1. The monoisotopic (exact) mass is 250 g/mol. The fourth-order valence-corrected chi connectivity index (χ4v) is 2.05. The second-order valence-electron chi connectivity index (χ2n) is 4.62. The third-order valence-electron chi connectivity index (χ3n) is 2.99. The van der Waals surface area contributed by atoms with Gasteiger partial charge in [0, 0.05) is 19.3 Å². The van der Waals surface area contributed by atoms with E-state index in [1.54, 1.807) is 0 Å². The normalized spacial score (nSPS) is 12.6. The Morgan fingerprint density at radius 3 is 2.72 bits per heavy atom. The number of hydrazine groups is 1. The van der Waals surface area contributed by atoms with E-state index in [1.165, 1.54) is 17.5 Å². The maximum Gasteiger partial charge on any atom is 0.0484 e. The molecule has 0 heterocycles. The van der Waals surface area contributed by atoms with Crippen molar-refractivity contribution >= 4 is 0 Å². The summed E-state index contributed by atoms with van der Waals surface area (Å²) in [5, 5.41) is 0. The summed E-state index contributed by atoms with van der Waals surface area (Å²) < 4.78 is 5.52. The average molecular weight is 250 g/mol. The molecule has 0 aliphatic carbocycles. The molecule has 0 aliphatic rings. The van der Waals surface area contributed by atoms with Gasteiger partial charge in [0.15, 0.2) is 0 Å². The fourth-order valence-electron chi connectivity index (χ4n) is 2.05. The highest BCUT2D eigenvalue weighted by Gasteiger charge is 2.09. The Hall–Kier alpha value is -0.900. The fraction of sp³-hybridized carbons (Fsp3) is 0.600. The van der Waals surface area contributed by atoms with E-state index in [1.807, 2.05) is 0 Å². The summed E-state index contributed by atoms with van der Waals surface area (Å²) in [4.78, 5) is 0. The molecule has 1 rings (SSSR count). The Kier molecular flexibility index (Phi) is 7.65. The van der Waals surface area contributed by atoms with Crippen molar-refractivity contribution in [2.24, 2.45) is 5.84 Å². The number of hydrogen-bond donors (Lipinski definition) is 2. The molecule has 3 nitrogen and oxygen atoms in total. The SMILES string of the molecule is CCCOCCC(NN)c1cccc(CCC)c1. The Labute approximate surface area is 111 Å². The zero-order valence-corrected chi connectivity index (χ0v) is 11.6. The molecule has 0 amide bonds. The van der Waals surface area contributed by atoms with Crippen LogP contribution in [0.15, 0.2) is 24.3 Å². The van der Waals surface area contributed by atoms with E-state index in [9.17, 15) is 0 Å². The molecule has 3 N–H and O–H groups in total. The first-order valence-electron chi connectivity index (χ1n) is 6.94. The van der Waals surface area contributed by atoms with Crippen molar-refractivity contribution in [1.29, 1.82) is 0 Å². The molecule has 1 aromatic carbocycles. The molecule has 18 heavy (non-hydrogen) atoms. The van der Waals surface area contributed by atoms with Gasteiger partial charge in [-0.25, -0.2) is 0 Å². The summed E-state index contributed by atoms with van der Waals surface area (Å²) in [6, 6.07) is 8.84. The van der Waals surface area contributed by atoms with Crippen LogP contribution in [-0.2, 0) is 11.2 Å². The van der Waals surface area contributed by atoms with E-state index in [0.717, 1.165) is 32.5 Å². The molecular weight excluding hydrogens is 224 g/mol. The third kappa shape index (κ3) is 5.17. The molecule has 0 saturated heterocycles. The van der Waals surface area contributed by atoms with Crippen molar-refractivity contribution in [2.45, 2.75) is 45.6 Å². The standard InChI is InChI=1S/C15H26N2O/c1-3-6-13-7-5-8-14(12-13)15(17-16)9-11-18-10-4-2/h5,7-8,12,15,17H,3-4,6,9-11,16H2,1-2H3. The van der Waals surface area contributed by atoms with Crippen LogP contribution in [0.1, 0.15) is 50.3 Å². The van der Waals surface area contributed by atoms with Gasteiger partial charge in [0.05, 0.1) is 0 Å². The molecule has 0 fully saturated rings. The maximum atomic E-state index is 5.64. The van der Waals surface area contributed by atoms with Gasteiger partial charge < -0.3 is 4.74 Å². The number of nitrogens with two attached hydrogens (primary N) is 1. The van der Waals surface area contributed by atoms with Gasteiger partial charge in [-0.1, -0.05) is 44.5 Å². The van der Waals surface area contributed by atoms with Crippen molar-refractivity contribution < 1.29 is 4.74 Å². The highest BCUT2D eigenvalue weighted by Crippen LogP contribution is 2.18. The van der Waals surface area contributed by atoms with Crippen molar-refractivity contribution in [3.63, 3.8) is 0 Å². The Balaban J connectivity index is 2.54. The van der Waals surface area contributed by atoms with E-state index in [-0.39, 0.29) is 6.04 Å². The minimum atomic E-state index is 0.179. The van der Waals surface area contributed by atoms with E-state index in [2.05, 4.69) is 43.5 Å². The maximum absolute atomic E-state index is 5.64. The first-order valence-corrected chi connectivity index (χ1v) is 6.94. The first kappa shape index (κ1) is 15.2. The lowest BCUT2D eigenvalue weighted by atomic mass is 10.0. The van der Waals surface area contributed by atoms with Gasteiger partial charge in [0.25, 0.3) is 0 Å². The molecular formula is C15H26N2O. The smallest absolute Gasteiger partial charge is 0.0484 e. The van der Waals surface area contributed by atoms with Crippen molar-refractivity contribution in [2.75, 3.05) is 13.2 Å². The van der Waals surface area contributed by atoms with Crippen LogP contribution in [-0.4, -0.2) is 13.2 Å². The highest BCUT2D eigenvalue weighted by atomic mass is 16.5. The van der Waals surface area contributed by atoms with Crippen LogP contribution >= 0.6 is 0 Å². The molecule has 0 spiro atoms. The van der Waals surface area contributed by atoms with Crippen molar-refractivity contribution in [3.8, 4) is 0 Å². The molecule has 1 aromatic rings. The minimum Gasteiger partial charge on any atom is -0.381 e. The van der Waals surface area contributed by atoms with Crippen LogP contribution in [0.3, 0.4) is 0 Å². The lowest BCUT2D eigenvalue weighted by Gasteiger charge is -2.17. The van der Waals surface area contributed by atoms with Gasteiger partial charge in [0.1, 0.15) is 0 Å². The molecule has 3 heteroatoms. The van der Waals surface area contributed by atoms with Crippen molar-refractivity contribution in [3.05, 3.63) is 35.4 Å². The van der Waals surface area contributed by atoms with Gasteiger partial charge >= 0.3 is 0 Å². The second kappa shape index (κ2) is 9.09. The first-order chi connectivity index (χ1) is 8.81. The van der Waals surface area contributed by atoms with E-state index < -0.39 is 0 Å². The molecule has 0 aliphatic heterocycles. The molecule has 0 bridgehead atoms. The molecule has 0 radical (unpaired) electrons. The Morgan fingerprint density at radius 2 is 2.06 bits per heavy atom. The number of rotatable bonds is 9. The quantitative estimate of drug-likeness (QED) is 0.402. The second-order valence-corrected chi connectivity index (χ2v) is 4.62. The van der Waals surface area contributed by atoms with Crippen LogP contribution in [0, 0.1) is 0 Å². The number of hydrogen-bond acceptors (Lipinski definition) is 3. The third-order valence-corrected chi connectivity index (χ3v) is 2.99. The Bertz CT molecular complexity index is 328. The van der Waals surface area contributed by atoms with Crippen LogP contribution in [0.4, 0.5) is 0 Å². The lowest BCUT2D eigenvalue weighted by molar-refractivity contribution is 0.124. The van der Waals surface area contributed by atoms with Gasteiger partial charge in [-0.2, -0.15) is 0 Å². The number of benzene rings is 1. The van der Waals surface area contributed by atoms with E-state index in [4.69, 9.17) is 10.6 Å². The summed E-state index contributed by atoms with van der Waals surface area (Å²) in [5.41, 5.74) is 5.52. The largest absolute Gasteiger partial charge is 0.381 e. The van der Waals surface area contributed by atoms with Gasteiger partial charge in [-0.15, -0.1) is 0 Å². The van der Waals surface area contributed by atoms with Crippen LogP contribution in [0.2, 0.25) is 0 Å². The number of ether oxygens (including phenoxy) is 1. The van der Waals surface area contributed by atoms with Gasteiger partial charge in [-0.05, 0) is 30.4 Å². The topological polar surface area (TPSA) is 47.3 Å². The van der Waals surface area contributed by atoms with Crippen LogP contribution in [0.25, 0.3) is 0 Å². The summed E-state index contributed by atoms with van der Waals surface area (Å²) in [5.74, 6) is 5.64. The summed E-state index contributed by atoms with van der Waals surface area (Å²) in [6.45, 7) is 5.89. The molecule has 0 aromatic heterocycles. The Morgan fingerprint density at radius 1 is 1.22 bits per heavy atom. The summed E-state index contributed by atoms with van der Waals surface area (Å²) in [7, 11) is 0. The highest BCUT2D eigenvalue weighted by molar-refractivity contribution is 5.26. The van der Waals surface area contributed by atoms with Gasteiger partial charge in [0.2, 0.25) is 0 Å². The zero-order chi connectivity index (χ0) is 13.2. The predicted molar refractivity (Wildman–Crippen MR) is 76.2 cm³/mol. The van der Waals surface area contributed by atoms with Crippen LogP contribution < -0.4 is 11.3 Å². The van der Waals surface area contributed by atoms with E-state index >= 15 is 0 Å². The molecule has 1 atom stereocenters. The minimum absolute atomic E-state index is 0.179. The molecule has 1 unspecified atom stereocenters. The predicted octanol–water partition coefficient (Wildman–Crippen LogP) is 2.96. The lowest BCUT2D eigenvalue weighted by Crippen LogP contribution is -2.29. The molecule has 102 valence electrons. The average Bonchev–Trinajstić information content (AvgIpc) is 2.40.